The first kappa shape index (κ1) is 103. The van der Waals surface area contributed by atoms with Crippen LogP contribution in [0.5, 0.6) is 0 Å². The van der Waals surface area contributed by atoms with Crippen LogP contribution in [0.1, 0.15) is 240 Å². The van der Waals surface area contributed by atoms with Crippen molar-refractivity contribution in [1.29, 1.82) is 0 Å². The molecule has 3 heterocycles. The average Bonchev–Trinajstić information content (AvgIpc) is 0.692. The minimum Gasteiger partial charge on any atom is -1.00 e. The van der Waals surface area contributed by atoms with Crippen LogP contribution in [0, 0.1) is 86.6 Å². The van der Waals surface area contributed by atoms with E-state index in [1.54, 1.807) is 12.1 Å². The Kier molecular flexibility index (Phi) is 25.8. The van der Waals surface area contributed by atoms with Gasteiger partial charge in [0.25, 0.3) is 0 Å². The maximum Gasteiger partial charge on any atom is 0.488 e. The molecule has 5 nitrogen and oxygen atoms in total. The third-order valence-electron chi connectivity index (χ3n) is 32.5. The molecule has 0 saturated heterocycles. The number of hydrogen-bond acceptors (Lipinski definition) is 4. The summed E-state index contributed by atoms with van der Waals surface area (Å²) in [5, 5.41) is 17.1. The van der Waals surface area contributed by atoms with Crippen molar-refractivity contribution in [2.24, 2.45) is 93.7 Å². The Bertz CT molecular complexity index is 6410. The van der Waals surface area contributed by atoms with Crippen molar-refractivity contribution in [1.82, 2.24) is 9.97 Å². The van der Waals surface area contributed by atoms with E-state index in [0.717, 1.165) is 0 Å². The minimum atomic E-state index is -8.55. The van der Waals surface area contributed by atoms with Crippen molar-refractivity contribution in [3.8, 4) is 0 Å². The molecule has 16 aliphatic rings. The second-order valence-corrected chi connectivity index (χ2v) is 51.3. The van der Waals surface area contributed by atoms with Gasteiger partial charge in [-0.25, -0.2) is 4.57 Å². The SMILES string of the molecule is CC(C)(C)C1=CC2=CC(Br)=C3C=C(C(C)(C)C)C=C4C=CC(=C1)[C@]2(C)[C@@]43C.CC(C)(C)C1=CC2=CC=C3C=C(C(C)(C)C)C=C4C=CC(=C1)C2(C)C34C.CC1=CC2=CC(C(C)(C)C)=CC3=C(c4ccncc4)C=C4C=C(C(C)(C)C)C=C1[C@]4(C)[C@@]23C.C[n+]1ccc(C2=C3C=C(C(C)(C)C)C=C4C=CC5=CC(C(C)(C)C)=CC(=C2)[C@@]5(C)[C@@]43C)cc1.FP(F)(F)(F)F.OB(O)c1ccncc1.[F-]. The van der Waals surface area contributed by atoms with Crippen molar-refractivity contribution in [3.63, 3.8) is 0 Å². The minimum absolute atomic E-state index is 0. The first-order valence-corrected chi connectivity index (χ1v) is 50.2. The molecule has 0 fully saturated rings. The van der Waals surface area contributed by atoms with E-state index in [-0.39, 0.29) is 91.3 Å². The van der Waals surface area contributed by atoms with E-state index in [4.69, 9.17) is 10.0 Å². The smallest absolute Gasteiger partial charge is 0.488 e. The molecular weight excluding hydrogens is 1760 g/mol. The Hall–Kier alpha value is -9.36. The van der Waals surface area contributed by atoms with E-state index in [1.807, 2.05) is 12.4 Å². The number of pyridine rings is 3. The summed E-state index contributed by atoms with van der Waals surface area (Å²) in [5.74, 6) is 0. The molecule has 2 unspecified atom stereocenters. The quantitative estimate of drug-likeness (QED) is 0.119. The predicted molar refractivity (Wildman–Crippen MR) is 560 cm³/mol. The summed E-state index contributed by atoms with van der Waals surface area (Å²) in [6, 6.07) is 11.9. The van der Waals surface area contributed by atoms with Crippen molar-refractivity contribution in [3.05, 3.63) is 399 Å². The van der Waals surface area contributed by atoms with Crippen LogP contribution in [0.2, 0.25) is 0 Å². The van der Waals surface area contributed by atoms with Gasteiger partial charge >= 0.3 is 36.3 Å². The molecule has 0 bridgehead atoms. The average molecular weight is 1910 g/mol. The molecule has 16 aliphatic carbocycles. The maximum atomic E-state index is 9.84. The van der Waals surface area contributed by atoms with Gasteiger partial charge in [-0.05, 0) is 260 Å². The van der Waals surface area contributed by atoms with Gasteiger partial charge in [0.2, 0.25) is 0 Å². The van der Waals surface area contributed by atoms with Gasteiger partial charge in [-0.15, -0.1) is 0 Å². The molecule has 0 aliphatic heterocycles. The van der Waals surface area contributed by atoms with Crippen LogP contribution in [0.3, 0.4) is 0 Å². The summed E-state index contributed by atoms with van der Waals surface area (Å²) in [6.07, 6.45) is 79.3. The summed E-state index contributed by atoms with van der Waals surface area (Å²) in [4.78, 5) is 8.01. The Morgan fingerprint density at radius 1 is 0.304 bits per heavy atom. The molecule has 19 rings (SSSR count). The fraction of sp³-hybridized carbons (Fsp3) is 0.413. The van der Waals surface area contributed by atoms with Crippen LogP contribution in [0.25, 0.3) is 11.1 Å². The fourth-order valence-corrected chi connectivity index (χ4v) is 23.2. The van der Waals surface area contributed by atoms with Crippen LogP contribution in [0.15, 0.2) is 388 Å². The van der Waals surface area contributed by atoms with Gasteiger partial charge in [-0.2, -0.15) is 0 Å². The number of nitrogens with zero attached hydrogens (tertiary/aromatic N) is 3. The van der Waals surface area contributed by atoms with Gasteiger partial charge in [0, 0.05) is 84.7 Å². The van der Waals surface area contributed by atoms with Gasteiger partial charge in [-0.1, -0.05) is 389 Å². The van der Waals surface area contributed by atoms with E-state index in [0.29, 0.717) is 5.46 Å². The van der Waals surface area contributed by atoms with E-state index < -0.39 is 15.3 Å². The largest absolute Gasteiger partial charge is 1.00 e. The van der Waals surface area contributed by atoms with Crippen LogP contribution in [-0.2, 0) is 7.05 Å². The number of rotatable bonds is 3. The summed E-state index contributed by atoms with van der Waals surface area (Å²) in [6.45, 7) is 77.5. The molecule has 8 atom stereocenters. The van der Waals surface area contributed by atoms with Crippen molar-refractivity contribution in [2.75, 3.05) is 0 Å². The van der Waals surface area contributed by atoms with Crippen LogP contribution in [0.4, 0.5) is 21.0 Å². The molecule has 0 aromatic carbocycles. The Morgan fingerprint density at radius 2 is 0.548 bits per heavy atom. The van der Waals surface area contributed by atoms with Gasteiger partial charge in [0.15, 0.2) is 12.4 Å². The molecule has 0 radical (unpaired) electrons. The zero-order chi connectivity index (χ0) is 99.2. The van der Waals surface area contributed by atoms with Crippen LogP contribution in [-0.4, -0.2) is 27.1 Å². The van der Waals surface area contributed by atoms with E-state index >= 15 is 0 Å². The van der Waals surface area contributed by atoms with Crippen molar-refractivity contribution >= 4 is 47.8 Å². The first-order chi connectivity index (χ1) is 61.2. The summed E-state index contributed by atoms with van der Waals surface area (Å²) < 4.78 is 52.5. The number of hydrogen-bond donors (Lipinski definition) is 2. The number of aryl methyl sites for hydroxylation is 1. The number of halogens is 7. The van der Waals surface area contributed by atoms with Crippen molar-refractivity contribution in [2.45, 2.75) is 228 Å². The van der Waals surface area contributed by atoms with Gasteiger partial charge in [0.05, 0.1) is 0 Å². The van der Waals surface area contributed by atoms with E-state index in [9.17, 15) is 21.0 Å². The zero-order valence-corrected chi connectivity index (χ0v) is 89.0. The normalized spacial score (nSPS) is 28.2. The molecular formula is C121H144BBrF6N3O2P. The Morgan fingerprint density at radius 3 is 0.874 bits per heavy atom. The first-order valence-electron chi connectivity index (χ1n) is 47.8. The van der Waals surface area contributed by atoms with Crippen LogP contribution >= 0.6 is 24.1 Å². The molecule has 3 aromatic rings. The van der Waals surface area contributed by atoms with Gasteiger partial charge < -0.3 is 14.8 Å². The van der Waals surface area contributed by atoms with E-state index in [1.165, 1.54) is 178 Å². The topological polar surface area (TPSA) is 70.1 Å². The zero-order valence-electron chi connectivity index (χ0n) is 86.5. The third kappa shape index (κ3) is 17.8. The number of aromatic nitrogens is 3. The maximum absolute atomic E-state index is 9.84. The fourth-order valence-electron chi connectivity index (χ4n) is 22.5. The molecule has 3 aromatic heterocycles. The third-order valence-corrected chi connectivity index (χ3v) is 33.2. The predicted octanol–water partition coefficient (Wildman–Crippen LogP) is 30.2. The van der Waals surface area contributed by atoms with Crippen LogP contribution < -0.4 is 14.7 Å². The molecule has 712 valence electrons. The molecule has 14 heteroatoms. The summed E-state index contributed by atoms with van der Waals surface area (Å²) >= 11 is 3.95. The van der Waals surface area contributed by atoms with Crippen molar-refractivity contribution < 1.29 is 40.3 Å². The molecule has 0 spiro atoms. The Balaban J connectivity index is 0.000000145. The standard InChI is InChI=1S/C32H37N.C32H38N.C26H31Br.C26H32.C5H6BNO2.F5P.FH/c1-20-14-24-15-23(30(5,6)7)19-28-26(21-10-12-33-13-11-21)17-25-16-22(29(2,3)4)18-27(20)31(25,8)32(24,28)9;1-29(2,3)24-16-22-10-11-23-17-25(30(4,5)6)20-28-27(21-12-14-33(9)15-13-21)19-26(18-24)31(22,7)32(23,28)8;1-23(2,3)18-11-16-9-10-17-12-19(24(4,5)6)14-21-22(27)15-20(13-18)25(16,7)26(17,21)8;1-23(2,3)21-13-17-9-11-19-15-22(24(4,5)6)16-20-12-10-18(14-21)25(17,7)26(19,20)8;8-6(9)5-1-3-7-4-2-5;1-6(2,3,4)5;/h10-19H,1-9H3;10-20H,1-9H3;9-15H,1-8H3;9-16H,1-8H3;1-4,8-9H;;1H/q;+1;;;;;/p-1/t31-,32+;31-,32-;25-,26-;;;;/m100..../s1. The molecule has 135 heavy (non-hydrogen) atoms. The summed E-state index contributed by atoms with van der Waals surface area (Å²) in [7, 11) is -7.85. The van der Waals surface area contributed by atoms with Gasteiger partial charge in [0.1, 0.15) is 7.05 Å². The number of allylic oxidation sites excluding steroid dienone is 56. The van der Waals surface area contributed by atoms with E-state index in [2.05, 4.69) is 473 Å². The monoisotopic (exact) mass is 1910 g/mol. The second kappa shape index (κ2) is 33.7. The molecule has 2 N–H and O–H groups in total. The summed E-state index contributed by atoms with van der Waals surface area (Å²) in [5.41, 5.74) is 41.9. The Labute approximate surface area is 813 Å². The molecule has 0 saturated carbocycles. The molecule has 0 amide bonds. The van der Waals surface area contributed by atoms with Gasteiger partial charge in [-0.3, -0.25) is 9.97 Å². The second-order valence-electron chi connectivity index (χ2n) is 49.1.